The normalized spacial score (nSPS) is 10.8. The summed E-state index contributed by atoms with van der Waals surface area (Å²) in [4.78, 5) is 24.7. The van der Waals surface area contributed by atoms with E-state index < -0.39 is 5.91 Å². The Bertz CT molecular complexity index is 844. The number of nitrogens with two attached hydrogens (primary N) is 1. The maximum absolute atomic E-state index is 11.2. The van der Waals surface area contributed by atoms with Gasteiger partial charge >= 0.3 is 0 Å². The number of nitrogens with zero attached hydrogens (tertiary/aromatic N) is 3. The number of rotatable bonds is 3. The van der Waals surface area contributed by atoms with Gasteiger partial charge in [-0.05, 0) is 30.9 Å². The second kappa shape index (κ2) is 5.10. The fourth-order valence-electron chi connectivity index (χ4n) is 1.94. The molecular weight excluding hydrogens is 288 g/mol. The summed E-state index contributed by atoms with van der Waals surface area (Å²) in [5, 5.41) is 2.87. The van der Waals surface area contributed by atoms with Crippen LogP contribution in [-0.2, 0) is 0 Å². The monoisotopic (exact) mass is 300 g/mol. The SMILES string of the molecule is Cc1nc(Oc2cncc(C(N)=O)c2)c2c(C)csc2n1. The topological polar surface area (TPSA) is 91.0 Å². The Morgan fingerprint density at radius 3 is 2.86 bits per heavy atom. The van der Waals surface area contributed by atoms with E-state index >= 15 is 0 Å². The maximum atomic E-state index is 11.2. The van der Waals surface area contributed by atoms with Gasteiger partial charge < -0.3 is 10.5 Å². The molecule has 21 heavy (non-hydrogen) atoms. The molecule has 0 aliphatic rings. The van der Waals surface area contributed by atoms with Gasteiger partial charge in [0.1, 0.15) is 16.4 Å². The minimum Gasteiger partial charge on any atom is -0.437 e. The highest BCUT2D eigenvalue weighted by Crippen LogP contribution is 2.33. The van der Waals surface area contributed by atoms with Crippen LogP contribution < -0.4 is 10.5 Å². The van der Waals surface area contributed by atoms with E-state index in [4.69, 9.17) is 10.5 Å². The predicted molar refractivity (Wildman–Crippen MR) is 79.7 cm³/mol. The van der Waals surface area contributed by atoms with E-state index in [1.54, 1.807) is 24.3 Å². The third-order valence-corrected chi connectivity index (χ3v) is 3.90. The number of thiophene rings is 1. The van der Waals surface area contributed by atoms with Gasteiger partial charge in [-0.15, -0.1) is 11.3 Å². The number of carbonyl (C=O) groups excluding carboxylic acids is 1. The summed E-state index contributed by atoms with van der Waals surface area (Å²) < 4.78 is 5.79. The standard InChI is InChI=1S/C14H12N4O2S/c1-7-6-21-14-11(7)13(17-8(2)18-14)20-10-3-9(12(15)19)4-16-5-10/h3-6H,1-2H3,(H2,15,19). The zero-order valence-corrected chi connectivity index (χ0v) is 12.3. The van der Waals surface area contributed by atoms with Crippen molar-refractivity contribution in [3.05, 3.63) is 40.8 Å². The number of pyridine rings is 1. The van der Waals surface area contributed by atoms with Crippen LogP contribution in [-0.4, -0.2) is 20.9 Å². The lowest BCUT2D eigenvalue weighted by atomic mass is 10.2. The third-order valence-electron chi connectivity index (χ3n) is 2.91. The van der Waals surface area contributed by atoms with Gasteiger partial charge in [-0.1, -0.05) is 0 Å². The summed E-state index contributed by atoms with van der Waals surface area (Å²) in [7, 11) is 0. The molecule has 6 nitrogen and oxygen atoms in total. The number of aryl methyl sites for hydroxylation is 2. The van der Waals surface area contributed by atoms with Gasteiger partial charge in [0.25, 0.3) is 0 Å². The first-order chi connectivity index (χ1) is 10.0. The van der Waals surface area contributed by atoms with Crippen LogP contribution in [0.3, 0.4) is 0 Å². The largest absolute Gasteiger partial charge is 0.437 e. The van der Waals surface area contributed by atoms with Crippen molar-refractivity contribution >= 4 is 27.5 Å². The van der Waals surface area contributed by atoms with E-state index in [0.717, 1.165) is 15.8 Å². The lowest BCUT2D eigenvalue weighted by Crippen LogP contribution is -2.11. The van der Waals surface area contributed by atoms with Crippen LogP contribution in [0.25, 0.3) is 10.2 Å². The molecule has 1 amide bonds. The van der Waals surface area contributed by atoms with Gasteiger partial charge in [-0.2, -0.15) is 4.98 Å². The highest BCUT2D eigenvalue weighted by Gasteiger charge is 2.13. The molecule has 0 fully saturated rings. The molecule has 0 radical (unpaired) electrons. The van der Waals surface area contributed by atoms with Crippen molar-refractivity contribution < 1.29 is 9.53 Å². The van der Waals surface area contributed by atoms with E-state index in [-0.39, 0.29) is 5.56 Å². The van der Waals surface area contributed by atoms with Gasteiger partial charge in [-0.25, -0.2) is 4.98 Å². The molecule has 3 aromatic rings. The smallest absolute Gasteiger partial charge is 0.250 e. The van der Waals surface area contributed by atoms with Crippen LogP contribution in [0.2, 0.25) is 0 Å². The molecule has 3 heterocycles. The number of primary amides is 1. The molecule has 0 spiro atoms. The number of carbonyl (C=O) groups is 1. The highest BCUT2D eigenvalue weighted by molar-refractivity contribution is 7.17. The summed E-state index contributed by atoms with van der Waals surface area (Å²) >= 11 is 1.54. The zero-order chi connectivity index (χ0) is 15.0. The molecule has 0 aliphatic carbocycles. The number of fused-ring (bicyclic) bond motifs is 1. The van der Waals surface area contributed by atoms with Gasteiger partial charge in [0.15, 0.2) is 0 Å². The Labute approximate surface area is 124 Å². The molecule has 106 valence electrons. The van der Waals surface area contributed by atoms with Crippen LogP contribution in [0, 0.1) is 13.8 Å². The van der Waals surface area contributed by atoms with Crippen molar-refractivity contribution in [2.75, 3.05) is 0 Å². The van der Waals surface area contributed by atoms with Crippen LogP contribution in [0.4, 0.5) is 0 Å². The van der Waals surface area contributed by atoms with Crippen LogP contribution >= 0.6 is 11.3 Å². The molecule has 0 unspecified atom stereocenters. The summed E-state index contributed by atoms with van der Waals surface area (Å²) in [6.45, 7) is 3.78. The molecule has 0 atom stereocenters. The molecule has 0 saturated heterocycles. The summed E-state index contributed by atoms with van der Waals surface area (Å²) in [6, 6.07) is 1.54. The number of hydrogen-bond donors (Lipinski definition) is 1. The Morgan fingerprint density at radius 1 is 1.29 bits per heavy atom. The van der Waals surface area contributed by atoms with Crippen molar-refractivity contribution in [3.8, 4) is 11.6 Å². The predicted octanol–water partition coefficient (Wildman–Crippen LogP) is 2.59. The Kier molecular flexibility index (Phi) is 3.26. The number of hydrogen-bond acceptors (Lipinski definition) is 6. The maximum Gasteiger partial charge on any atom is 0.250 e. The summed E-state index contributed by atoms with van der Waals surface area (Å²) in [6.07, 6.45) is 2.91. The fourth-order valence-corrected chi connectivity index (χ4v) is 2.90. The van der Waals surface area contributed by atoms with Crippen LogP contribution in [0.1, 0.15) is 21.7 Å². The Morgan fingerprint density at radius 2 is 2.10 bits per heavy atom. The third kappa shape index (κ3) is 2.55. The van der Waals surface area contributed by atoms with E-state index in [1.807, 2.05) is 12.3 Å². The first kappa shape index (κ1) is 13.4. The summed E-state index contributed by atoms with van der Waals surface area (Å²) in [5.74, 6) is 0.943. The van der Waals surface area contributed by atoms with E-state index in [9.17, 15) is 4.79 Å². The molecule has 7 heteroatoms. The molecule has 0 saturated carbocycles. The van der Waals surface area contributed by atoms with Crippen molar-refractivity contribution in [1.29, 1.82) is 0 Å². The molecule has 0 aliphatic heterocycles. The number of aromatic nitrogens is 3. The molecule has 0 bridgehead atoms. The Balaban J connectivity index is 2.07. The van der Waals surface area contributed by atoms with Crippen molar-refractivity contribution in [2.24, 2.45) is 5.73 Å². The number of ether oxygens (including phenoxy) is 1. The zero-order valence-electron chi connectivity index (χ0n) is 11.5. The van der Waals surface area contributed by atoms with E-state index in [1.165, 1.54) is 12.4 Å². The molecule has 3 rings (SSSR count). The fraction of sp³-hybridized carbons (Fsp3) is 0.143. The van der Waals surface area contributed by atoms with Gasteiger partial charge in [0.05, 0.1) is 17.1 Å². The van der Waals surface area contributed by atoms with E-state index in [2.05, 4.69) is 15.0 Å². The van der Waals surface area contributed by atoms with E-state index in [0.29, 0.717) is 17.5 Å². The minimum absolute atomic E-state index is 0.288. The highest BCUT2D eigenvalue weighted by atomic mass is 32.1. The average molecular weight is 300 g/mol. The molecule has 0 aromatic carbocycles. The first-order valence-corrected chi connectivity index (χ1v) is 7.07. The molecular formula is C14H12N4O2S. The van der Waals surface area contributed by atoms with Crippen molar-refractivity contribution in [2.45, 2.75) is 13.8 Å². The van der Waals surface area contributed by atoms with Gasteiger partial charge in [0.2, 0.25) is 11.8 Å². The second-order valence-corrected chi connectivity index (χ2v) is 5.41. The molecule has 2 N–H and O–H groups in total. The van der Waals surface area contributed by atoms with Gasteiger partial charge in [-0.3, -0.25) is 9.78 Å². The lowest BCUT2D eigenvalue weighted by Gasteiger charge is -2.07. The van der Waals surface area contributed by atoms with Crippen molar-refractivity contribution in [3.63, 3.8) is 0 Å². The second-order valence-electron chi connectivity index (χ2n) is 4.55. The van der Waals surface area contributed by atoms with Crippen molar-refractivity contribution in [1.82, 2.24) is 15.0 Å². The minimum atomic E-state index is -0.552. The first-order valence-electron chi connectivity index (χ1n) is 6.20. The number of amides is 1. The van der Waals surface area contributed by atoms with Crippen LogP contribution in [0.5, 0.6) is 11.6 Å². The van der Waals surface area contributed by atoms with Gasteiger partial charge in [0, 0.05) is 6.20 Å². The molecule has 3 aromatic heterocycles. The van der Waals surface area contributed by atoms with Crippen LogP contribution in [0.15, 0.2) is 23.8 Å². The quantitative estimate of drug-likeness (QED) is 0.802. The summed E-state index contributed by atoms with van der Waals surface area (Å²) in [5.41, 5.74) is 6.57. The Hall–Kier alpha value is -2.54. The average Bonchev–Trinajstić information content (AvgIpc) is 2.80. The lowest BCUT2D eigenvalue weighted by molar-refractivity contribution is 0.0999.